The smallest absolute Gasteiger partial charge is 0.277 e. The van der Waals surface area contributed by atoms with Crippen molar-refractivity contribution in [2.75, 3.05) is 13.1 Å². The van der Waals surface area contributed by atoms with Gasteiger partial charge in [0.15, 0.2) is 0 Å². The van der Waals surface area contributed by atoms with Crippen LogP contribution in [0.2, 0.25) is 0 Å². The molecular weight excluding hydrogens is 280 g/mol. The first-order valence-corrected chi connectivity index (χ1v) is 5.12. The average Bonchev–Trinajstić information content (AvgIpc) is 2.36. The number of rotatable bonds is 5. The molecule has 0 bridgehead atoms. The number of nitrogens with one attached hydrogen (secondary N) is 1. The predicted octanol–water partition coefficient (Wildman–Crippen LogP) is 0.531. The minimum Gasteiger partial charge on any atom is -0.366 e. The Hall–Kier alpha value is -1.73. The molecule has 1 aromatic rings. The quantitative estimate of drug-likeness (QED) is 0.738. The van der Waals surface area contributed by atoms with Crippen molar-refractivity contribution in [1.82, 2.24) is 5.32 Å². The van der Waals surface area contributed by atoms with E-state index in [1.807, 2.05) is 5.32 Å². The largest absolute Gasteiger partial charge is 0.366 e. The number of halogens is 3. The van der Waals surface area contributed by atoms with Crippen LogP contribution in [0, 0.1) is 0 Å². The van der Waals surface area contributed by atoms with Crippen LogP contribution in [0.1, 0.15) is 20.7 Å². The van der Waals surface area contributed by atoms with E-state index in [2.05, 4.69) is 0 Å². The van der Waals surface area contributed by atoms with Crippen LogP contribution in [0.15, 0.2) is 24.3 Å². The van der Waals surface area contributed by atoms with Crippen LogP contribution in [0.5, 0.6) is 0 Å². The number of hydrogen-bond donors (Lipinski definition) is 3. The van der Waals surface area contributed by atoms with Gasteiger partial charge in [0.25, 0.3) is 11.8 Å². The fraction of sp³-hybridized carbons (Fsp3) is 0.273. The van der Waals surface area contributed by atoms with E-state index in [0.717, 1.165) is 0 Å². The van der Waals surface area contributed by atoms with E-state index in [-0.39, 0.29) is 23.5 Å². The number of primary amides is 1. The molecule has 0 aliphatic carbocycles. The number of benzene rings is 1. The third-order valence-corrected chi connectivity index (χ3v) is 2.22. The second kappa shape index (κ2) is 7.01. The molecule has 19 heavy (non-hydrogen) atoms. The fourth-order valence-corrected chi connectivity index (χ4v) is 1.20. The minimum absolute atomic E-state index is 0. The Morgan fingerprint density at radius 3 is 2.37 bits per heavy atom. The van der Waals surface area contributed by atoms with E-state index < -0.39 is 30.8 Å². The van der Waals surface area contributed by atoms with Crippen molar-refractivity contribution in [1.29, 1.82) is 0 Å². The molecule has 8 heteroatoms. The number of amides is 2. The number of alkyl halides is 2. The van der Waals surface area contributed by atoms with Gasteiger partial charge >= 0.3 is 0 Å². The van der Waals surface area contributed by atoms with Gasteiger partial charge in [0.1, 0.15) is 0 Å². The van der Waals surface area contributed by atoms with Crippen LogP contribution in [0.4, 0.5) is 8.78 Å². The maximum absolute atomic E-state index is 12.8. The SMILES string of the molecule is Cl.NCC(F)(F)CNC(=O)c1cccc(C(N)=O)c1. The topological polar surface area (TPSA) is 98.2 Å². The molecule has 0 aliphatic rings. The van der Waals surface area contributed by atoms with Gasteiger partial charge in [-0.2, -0.15) is 0 Å². The number of nitrogens with two attached hydrogens (primary N) is 2. The zero-order valence-electron chi connectivity index (χ0n) is 9.86. The molecule has 5 N–H and O–H groups in total. The molecule has 0 aromatic heterocycles. The molecule has 0 aliphatic heterocycles. The number of carbonyl (C=O) groups excluding carboxylic acids is 2. The van der Waals surface area contributed by atoms with Gasteiger partial charge in [0, 0.05) is 11.1 Å². The standard InChI is InChI=1S/C11H13F2N3O2.ClH/c12-11(13,5-14)6-16-10(18)8-3-1-2-7(4-8)9(15)17;/h1-4H,5-6,14H2,(H2,15,17)(H,16,18);1H. The Morgan fingerprint density at radius 1 is 1.26 bits per heavy atom. The lowest BCUT2D eigenvalue weighted by Crippen LogP contribution is -2.41. The van der Waals surface area contributed by atoms with Crippen LogP contribution in [-0.4, -0.2) is 30.8 Å². The molecule has 106 valence electrons. The first-order valence-electron chi connectivity index (χ1n) is 5.12. The van der Waals surface area contributed by atoms with Crippen LogP contribution >= 0.6 is 12.4 Å². The van der Waals surface area contributed by atoms with Gasteiger partial charge in [-0.05, 0) is 18.2 Å². The first kappa shape index (κ1) is 17.3. The van der Waals surface area contributed by atoms with Gasteiger partial charge in [0.05, 0.1) is 13.1 Å². The Morgan fingerprint density at radius 2 is 1.84 bits per heavy atom. The number of hydrogen-bond acceptors (Lipinski definition) is 3. The lowest BCUT2D eigenvalue weighted by Gasteiger charge is -2.14. The summed E-state index contributed by atoms with van der Waals surface area (Å²) in [5.74, 6) is -4.57. The molecule has 1 aromatic carbocycles. The summed E-state index contributed by atoms with van der Waals surface area (Å²) in [6.07, 6.45) is 0. The Balaban J connectivity index is 0.00000324. The van der Waals surface area contributed by atoms with Crippen molar-refractivity contribution in [3.05, 3.63) is 35.4 Å². The van der Waals surface area contributed by atoms with E-state index in [4.69, 9.17) is 11.5 Å². The van der Waals surface area contributed by atoms with E-state index in [0.29, 0.717) is 0 Å². The highest BCUT2D eigenvalue weighted by molar-refractivity contribution is 5.99. The molecule has 0 heterocycles. The van der Waals surface area contributed by atoms with Crippen molar-refractivity contribution < 1.29 is 18.4 Å². The highest BCUT2D eigenvalue weighted by atomic mass is 35.5. The van der Waals surface area contributed by atoms with Crippen molar-refractivity contribution in [2.24, 2.45) is 11.5 Å². The molecule has 0 saturated heterocycles. The normalized spacial score (nSPS) is 10.5. The Bertz CT molecular complexity index is 469. The number of carbonyl (C=O) groups is 2. The van der Waals surface area contributed by atoms with E-state index in [1.165, 1.54) is 24.3 Å². The molecule has 0 atom stereocenters. The van der Waals surface area contributed by atoms with Crippen molar-refractivity contribution in [2.45, 2.75) is 5.92 Å². The summed E-state index contributed by atoms with van der Waals surface area (Å²) < 4.78 is 25.6. The molecule has 5 nitrogen and oxygen atoms in total. The summed E-state index contributed by atoms with van der Waals surface area (Å²) in [5, 5.41) is 2.04. The summed E-state index contributed by atoms with van der Waals surface area (Å²) in [6.45, 7) is -1.71. The summed E-state index contributed by atoms with van der Waals surface area (Å²) in [4.78, 5) is 22.4. The zero-order valence-corrected chi connectivity index (χ0v) is 10.7. The molecule has 1 rings (SSSR count). The molecule has 0 unspecified atom stereocenters. The summed E-state index contributed by atoms with van der Waals surface area (Å²) in [5.41, 5.74) is 10.1. The first-order chi connectivity index (χ1) is 8.35. The molecule has 0 radical (unpaired) electrons. The minimum atomic E-state index is -3.16. The molecular formula is C11H14ClF2N3O2. The van der Waals surface area contributed by atoms with Crippen LogP contribution in [0.25, 0.3) is 0 Å². The molecule has 2 amide bonds. The molecule has 0 fully saturated rings. The summed E-state index contributed by atoms with van der Waals surface area (Å²) in [6, 6.07) is 5.49. The van der Waals surface area contributed by atoms with E-state index >= 15 is 0 Å². The highest BCUT2D eigenvalue weighted by Gasteiger charge is 2.27. The third-order valence-electron chi connectivity index (χ3n) is 2.22. The van der Waals surface area contributed by atoms with Gasteiger partial charge < -0.3 is 16.8 Å². The van der Waals surface area contributed by atoms with Crippen molar-refractivity contribution in [3.8, 4) is 0 Å². The van der Waals surface area contributed by atoms with Crippen LogP contribution in [0.3, 0.4) is 0 Å². The van der Waals surface area contributed by atoms with Gasteiger partial charge in [-0.15, -0.1) is 12.4 Å². The lowest BCUT2D eigenvalue weighted by atomic mass is 10.1. The third kappa shape index (κ3) is 5.19. The second-order valence-electron chi connectivity index (χ2n) is 3.69. The highest BCUT2D eigenvalue weighted by Crippen LogP contribution is 2.10. The fourth-order valence-electron chi connectivity index (χ4n) is 1.20. The summed E-state index contributed by atoms with van der Waals surface area (Å²) >= 11 is 0. The lowest BCUT2D eigenvalue weighted by molar-refractivity contribution is 0.0118. The van der Waals surface area contributed by atoms with Gasteiger partial charge in [-0.25, -0.2) is 8.78 Å². The maximum Gasteiger partial charge on any atom is 0.277 e. The monoisotopic (exact) mass is 293 g/mol. The van der Waals surface area contributed by atoms with E-state index in [1.54, 1.807) is 0 Å². The van der Waals surface area contributed by atoms with Gasteiger partial charge in [-0.1, -0.05) is 6.07 Å². The van der Waals surface area contributed by atoms with Crippen LogP contribution in [-0.2, 0) is 0 Å². The van der Waals surface area contributed by atoms with Gasteiger partial charge in [0.2, 0.25) is 5.91 Å². The zero-order chi connectivity index (χ0) is 13.8. The van der Waals surface area contributed by atoms with Gasteiger partial charge in [-0.3, -0.25) is 9.59 Å². The molecule has 0 saturated carbocycles. The molecule has 0 spiro atoms. The van der Waals surface area contributed by atoms with Crippen molar-refractivity contribution in [3.63, 3.8) is 0 Å². The van der Waals surface area contributed by atoms with E-state index in [9.17, 15) is 18.4 Å². The second-order valence-corrected chi connectivity index (χ2v) is 3.69. The maximum atomic E-state index is 12.8. The average molecular weight is 294 g/mol. The Kier molecular flexibility index (Phi) is 6.37. The van der Waals surface area contributed by atoms with Crippen LogP contribution < -0.4 is 16.8 Å². The predicted molar refractivity (Wildman–Crippen MR) is 68.5 cm³/mol. The van der Waals surface area contributed by atoms with Crippen molar-refractivity contribution >= 4 is 24.2 Å². The summed E-state index contributed by atoms with van der Waals surface area (Å²) in [7, 11) is 0. The Labute approximate surface area is 114 Å².